The van der Waals surface area contributed by atoms with Crippen LogP contribution < -0.4 is 10.5 Å². The Morgan fingerprint density at radius 2 is 1.59 bits per heavy atom. The molecule has 2 aromatic rings. The fraction of sp³-hybridized carbons (Fsp3) is 0.677. The lowest BCUT2D eigenvalue weighted by atomic mass is 9.68. The van der Waals surface area contributed by atoms with Crippen molar-refractivity contribution in [1.82, 2.24) is 14.5 Å². The molecule has 5 aliphatic rings. The SMILES string of the molecule is CP(=O)(O)C1=CCN(c2nc3ccccc3n([C@H]3C[C@H]4CCC[C@@H](C3)N4[C@H]3C[C@@H]4CCC[C@@H](C4)C3)c2=O)CC1. The molecule has 2 saturated carbocycles. The van der Waals surface area contributed by atoms with Crippen molar-refractivity contribution in [3.63, 3.8) is 0 Å². The van der Waals surface area contributed by atoms with Gasteiger partial charge in [-0.2, -0.15) is 0 Å². The molecule has 0 radical (unpaired) electrons. The summed E-state index contributed by atoms with van der Waals surface area (Å²) in [5.41, 5.74) is 1.80. The Bertz CT molecular complexity index is 1360. The number of para-hydroxylation sites is 2. The topological polar surface area (TPSA) is 78.7 Å². The van der Waals surface area contributed by atoms with E-state index in [4.69, 9.17) is 4.98 Å². The van der Waals surface area contributed by atoms with E-state index in [0.29, 0.717) is 42.7 Å². The van der Waals surface area contributed by atoms with Gasteiger partial charge in [-0.3, -0.25) is 14.3 Å². The van der Waals surface area contributed by atoms with Crippen LogP contribution in [-0.4, -0.2) is 57.2 Å². The third-order valence-electron chi connectivity index (χ3n) is 10.7. The molecule has 0 amide bonds. The lowest BCUT2D eigenvalue weighted by Gasteiger charge is -2.55. The minimum Gasteiger partial charge on any atom is -0.348 e. The molecule has 0 spiro atoms. The summed E-state index contributed by atoms with van der Waals surface area (Å²) >= 11 is 0. The van der Waals surface area contributed by atoms with E-state index in [9.17, 15) is 14.3 Å². The lowest BCUT2D eigenvalue weighted by Crippen LogP contribution is -2.58. The predicted molar refractivity (Wildman–Crippen MR) is 157 cm³/mol. The van der Waals surface area contributed by atoms with Crippen LogP contribution in [-0.2, 0) is 4.57 Å². The molecular formula is C31H43N4O3P. The Morgan fingerprint density at radius 1 is 0.897 bits per heavy atom. The van der Waals surface area contributed by atoms with Gasteiger partial charge in [0.25, 0.3) is 5.56 Å². The zero-order valence-electron chi connectivity index (χ0n) is 23.3. The zero-order valence-corrected chi connectivity index (χ0v) is 24.1. The van der Waals surface area contributed by atoms with Crippen molar-refractivity contribution in [3.05, 3.63) is 46.0 Å². The summed E-state index contributed by atoms with van der Waals surface area (Å²) in [5.74, 6) is 2.35. The molecule has 2 saturated heterocycles. The number of benzene rings is 1. The highest BCUT2D eigenvalue weighted by Gasteiger charge is 2.45. The quantitative estimate of drug-likeness (QED) is 0.477. The standard InChI is InChI=1S/C31H43N4O3P/c1-39(37,38)27-12-14-33(15-13-27)30-31(36)35(29-11-3-2-10-28(29)32-30)26-19-23-8-5-9-24(20-26)34(23)25-17-21-6-4-7-22(16-21)18-25/h2-3,10-12,21-26H,4-9,13-20H2,1H3,(H,37,38)/t21-,22+,23-,24+,25+,26+. The largest absolute Gasteiger partial charge is 0.348 e. The summed E-state index contributed by atoms with van der Waals surface area (Å²) in [4.78, 5) is 34.1. The van der Waals surface area contributed by atoms with E-state index in [-0.39, 0.29) is 11.6 Å². The second-order valence-electron chi connectivity index (χ2n) is 13.2. The maximum Gasteiger partial charge on any atom is 0.294 e. The Labute approximate surface area is 231 Å². The predicted octanol–water partition coefficient (Wildman–Crippen LogP) is 5.92. The summed E-state index contributed by atoms with van der Waals surface area (Å²) in [6, 6.07) is 10.2. The third-order valence-corrected chi connectivity index (χ3v) is 12.2. The summed E-state index contributed by atoms with van der Waals surface area (Å²) in [7, 11) is -3.25. The maximum atomic E-state index is 14.2. The van der Waals surface area contributed by atoms with Gasteiger partial charge in [-0.15, -0.1) is 0 Å². The van der Waals surface area contributed by atoms with Crippen molar-refractivity contribution in [3.8, 4) is 0 Å². The van der Waals surface area contributed by atoms with Crippen LogP contribution in [0.5, 0.6) is 0 Å². The first-order valence-electron chi connectivity index (χ1n) is 15.4. The highest BCUT2D eigenvalue weighted by atomic mass is 31.2. The fourth-order valence-corrected chi connectivity index (χ4v) is 10.0. The molecule has 7 atom stereocenters. The van der Waals surface area contributed by atoms with Crippen LogP contribution in [0.4, 0.5) is 5.82 Å². The van der Waals surface area contributed by atoms with E-state index in [1.54, 1.807) is 0 Å². The van der Waals surface area contributed by atoms with E-state index in [1.807, 2.05) is 29.2 Å². The molecule has 1 aromatic heterocycles. The second-order valence-corrected chi connectivity index (χ2v) is 15.5. The number of fused-ring (bicyclic) bond motifs is 5. The smallest absolute Gasteiger partial charge is 0.294 e. The first-order valence-corrected chi connectivity index (χ1v) is 17.5. The maximum absolute atomic E-state index is 14.2. The van der Waals surface area contributed by atoms with Crippen LogP contribution in [0.3, 0.4) is 0 Å². The average Bonchev–Trinajstić information content (AvgIpc) is 2.91. The molecular weight excluding hydrogens is 507 g/mol. The number of nitrogens with zero attached hydrogens (tertiary/aromatic N) is 4. The molecule has 7 nitrogen and oxygen atoms in total. The van der Waals surface area contributed by atoms with Crippen LogP contribution in [0.2, 0.25) is 0 Å². The summed E-state index contributed by atoms with van der Waals surface area (Å²) in [6.07, 6.45) is 16.8. The molecule has 8 heteroatoms. The highest BCUT2D eigenvalue weighted by molar-refractivity contribution is 7.61. The molecule has 39 heavy (non-hydrogen) atoms. The van der Waals surface area contributed by atoms with Crippen molar-refractivity contribution < 1.29 is 9.46 Å². The van der Waals surface area contributed by atoms with Gasteiger partial charge in [-0.05, 0) is 75.3 Å². The lowest BCUT2D eigenvalue weighted by molar-refractivity contribution is -0.0485. The molecule has 210 valence electrons. The zero-order chi connectivity index (χ0) is 26.7. The monoisotopic (exact) mass is 550 g/mol. The normalized spacial score (nSPS) is 34.9. The highest BCUT2D eigenvalue weighted by Crippen LogP contribution is 2.49. The van der Waals surface area contributed by atoms with Crippen LogP contribution in [0.1, 0.15) is 83.1 Å². The Balaban J connectivity index is 1.21. The molecule has 1 aromatic carbocycles. The summed E-state index contributed by atoms with van der Waals surface area (Å²) in [5, 5.41) is 0.604. The Kier molecular flexibility index (Phi) is 6.76. The van der Waals surface area contributed by atoms with E-state index < -0.39 is 7.37 Å². The molecule has 3 aliphatic heterocycles. The molecule has 1 unspecified atom stereocenters. The Hall–Kier alpha value is -1.95. The minimum absolute atomic E-state index is 0.00190. The van der Waals surface area contributed by atoms with Crippen molar-refractivity contribution >= 4 is 24.2 Å². The van der Waals surface area contributed by atoms with Gasteiger partial charge in [0, 0.05) is 49.2 Å². The van der Waals surface area contributed by atoms with Crippen molar-refractivity contribution in [2.24, 2.45) is 11.8 Å². The number of hydrogen-bond acceptors (Lipinski definition) is 5. The molecule has 4 heterocycles. The molecule has 4 fully saturated rings. The Morgan fingerprint density at radius 3 is 2.26 bits per heavy atom. The third kappa shape index (κ3) is 4.83. The minimum atomic E-state index is -3.25. The summed E-state index contributed by atoms with van der Waals surface area (Å²) in [6.45, 7) is 2.39. The van der Waals surface area contributed by atoms with Crippen molar-refractivity contribution in [1.29, 1.82) is 0 Å². The first-order chi connectivity index (χ1) is 18.8. The number of aromatic nitrogens is 2. The first kappa shape index (κ1) is 26.0. The number of rotatable bonds is 4. The van der Waals surface area contributed by atoms with Crippen molar-refractivity contribution in [2.45, 2.75) is 101 Å². The van der Waals surface area contributed by atoms with Gasteiger partial charge < -0.3 is 14.4 Å². The van der Waals surface area contributed by atoms with E-state index >= 15 is 0 Å². The van der Waals surface area contributed by atoms with Crippen LogP contribution in [0, 0.1) is 11.8 Å². The van der Waals surface area contributed by atoms with Crippen LogP contribution in [0.25, 0.3) is 11.0 Å². The number of hydrogen-bond donors (Lipinski definition) is 1. The average molecular weight is 551 g/mol. The van der Waals surface area contributed by atoms with Gasteiger partial charge >= 0.3 is 0 Å². The van der Waals surface area contributed by atoms with Gasteiger partial charge in [0.1, 0.15) is 0 Å². The molecule has 4 bridgehead atoms. The number of anilines is 1. The summed E-state index contributed by atoms with van der Waals surface area (Å²) < 4.78 is 14.3. The molecule has 1 N–H and O–H groups in total. The molecule has 2 aliphatic carbocycles. The van der Waals surface area contributed by atoms with Crippen LogP contribution in [0.15, 0.2) is 40.5 Å². The van der Waals surface area contributed by atoms with Crippen LogP contribution >= 0.6 is 7.37 Å². The number of piperidine rings is 2. The van der Waals surface area contributed by atoms with Gasteiger partial charge in [-0.1, -0.05) is 43.9 Å². The van der Waals surface area contributed by atoms with E-state index in [0.717, 1.165) is 41.8 Å². The van der Waals surface area contributed by atoms with Crippen molar-refractivity contribution in [2.75, 3.05) is 24.7 Å². The van der Waals surface area contributed by atoms with Gasteiger partial charge in [0.2, 0.25) is 7.37 Å². The van der Waals surface area contributed by atoms with E-state index in [2.05, 4.69) is 15.5 Å². The van der Waals surface area contributed by atoms with Gasteiger partial charge in [0.15, 0.2) is 5.82 Å². The van der Waals surface area contributed by atoms with Gasteiger partial charge in [0.05, 0.1) is 11.0 Å². The van der Waals surface area contributed by atoms with Gasteiger partial charge in [-0.25, -0.2) is 4.98 Å². The second kappa shape index (κ2) is 10.2. The fourth-order valence-electron chi connectivity index (χ4n) is 9.07. The molecule has 7 rings (SSSR count). The van der Waals surface area contributed by atoms with E-state index in [1.165, 1.54) is 64.5 Å².